The quantitative estimate of drug-likeness (QED) is 0.259. The molecule has 0 aliphatic carbocycles. The van der Waals surface area contributed by atoms with Gasteiger partial charge in [0.2, 0.25) is 21.8 Å². The topological polar surface area (TPSA) is 86.8 Å². The smallest absolute Gasteiger partial charge is 0.243 e. The molecule has 3 aromatic carbocycles. The molecule has 7 nitrogen and oxygen atoms in total. The second-order valence-corrected chi connectivity index (χ2v) is 12.9. The first-order chi connectivity index (χ1) is 19.1. The summed E-state index contributed by atoms with van der Waals surface area (Å²) in [7, 11) is -2.14. The van der Waals surface area contributed by atoms with E-state index in [2.05, 4.69) is 21.2 Å². The molecule has 2 amide bonds. The maximum Gasteiger partial charge on any atom is 0.243 e. The molecule has 0 radical (unpaired) electrons. The van der Waals surface area contributed by atoms with Gasteiger partial charge in [-0.05, 0) is 55.2 Å². The van der Waals surface area contributed by atoms with Crippen molar-refractivity contribution in [1.29, 1.82) is 0 Å². The third-order valence-electron chi connectivity index (χ3n) is 6.83. The van der Waals surface area contributed by atoms with Gasteiger partial charge >= 0.3 is 0 Å². The molecular weight excluding hydrogens is 590 g/mol. The second-order valence-electron chi connectivity index (χ2n) is 9.92. The number of hydrogen-bond acceptors (Lipinski definition) is 4. The Labute approximate surface area is 246 Å². The highest BCUT2D eigenvalue weighted by Gasteiger charge is 2.31. The summed E-state index contributed by atoms with van der Waals surface area (Å²) in [5.74, 6) is -0.406. The molecule has 0 bridgehead atoms. The van der Waals surface area contributed by atoms with Crippen LogP contribution in [0.2, 0.25) is 0 Å². The second kappa shape index (κ2) is 15.1. The Morgan fingerprint density at radius 1 is 0.925 bits per heavy atom. The van der Waals surface area contributed by atoms with Crippen LogP contribution in [0.4, 0.5) is 0 Å². The van der Waals surface area contributed by atoms with Crippen LogP contribution in [0.5, 0.6) is 0 Å². The molecule has 2 unspecified atom stereocenters. The number of halogens is 1. The van der Waals surface area contributed by atoms with Gasteiger partial charge in [-0.1, -0.05) is 83.5 Å². The SMILES string of the molecule is CCC(C)NC(=O)C(Cc1ccccc1)N(Cc1cccc(Br)c1)C(=O)CCCN(C)S(=O)(=O)c1ccccc1. The van der Waals surface area contributed by atoms with E-state index in [0.29, 0.717) is 12.8 Å². The van der Waals surface area contributed by atoms with Crippen molar-refractivity contribution in [3.8, 4) is 0 Å². The fourth-order valence-electron chi connectivity index (χ4n) is 4.32. The molecule has 0 fully saturated rings. The van der Waals surface area contributed by atoms with Gasteiger partial charge in [-0.2, -0.15) is 0 Å². The normalized spacial score (nSPS) is 13.0. The van der Waals surface area contributed by atoms with Crippen LogP contribution in [0.15, 0.2) is 94.3 Å². The number of hydrogen-bond donors (Lipinski definition) is 1. The minimum Gasteiger partial charge on any atom is -0.352 e. The van der Waals surface area contributed by atoms with E-state index < -0.39 is 16.1 Å². The minimum atomic E-state index is -3.66. The van der Waals surface area contributed by atoms with E-state index >= 15 is 0 Å². The Morgan fingerprint density at radius 2 is 1.55 bits per heavy atom. The van der Waals surface area contributed by atoms with Gasteiger partial charge < -0.3 is 10.2 Å². The Kier molecular flexibility index (Phi) is 11.9. The number of benzene rings is 3. The average Bonchev–Trinajstić information content (AvgIpc) is 2.95. The van der Waals surface area contributed by atoms with Crippen molar-refractivity contribution >= 4 is 37.8 Å². The van der Waals surface area contributed by atoms with Crippen LogP contribution in [-0.2, 0) is 32.6 Å². The Morgan fingerprint density at radius 3 is 2.17 bits per heavy atom. The van der Waals surface area contributed by atoms with Crippen LogP contribution >= 0.6 is 15.9 Å². The van der Waals surface area contributed by atoms with Gasteiger partial charge in [-0.25, -0.2) is 12.7 Å². The molecule has 2 atom stereocenters. The molecule has 214 valence electrons. The van der Waals surface area contributed by atoms with Gasteiger partial charge in [0, 0.05) is 43.5 Å². The van der Waals surface area contributed by atoms with Crippen molar-refractivity contribution in [3.05, 3.63) is 101 Å². The summed E-state index contributed by atoms with van der Waals surface area (Å²) in [4.78, 5) is 29.2. The third kappa shape index (κ3) is 9.01. The fourth-order valence-corrected chi connectivity index (χ4v) is 5.99. The first-order valence-corrected chi connectivity index (χ1v) is 15.7. The van der Waals surface area contributed by atoms with Crippen molar-refractivity contribution in [2.24, 2.45) is 0 Å². The Bertz CT molecular complexity index is 1350. The molecule has 40 heavy (non-hydrogen) atoms. The summed E-state index contributed by atoms with van der Waals surface area (Å²) in [5, 5.41) is 3.07. The van der Waals surface area contributed by atoms with Gasteiger partial charge in [-0.15, -0.1) is 0 Å². The summed E-state index contributed by atoms with van der Waals surface area (Å²) in [6.45, 7) is 4.38. The zero-order valence-corrected chi connectivity index (χ0v) is 25.7. The molecule has 0 saturated heterocycles. The molecule has 3 aromatic rings. The molecule has 0 aromatic heterocycles. The minimum absolute atomic E-state index is 0.0366. The largest absolute Gasteiger partial charge is 0.352 e. The number of nitrogens with one attached hydrogen (secondary N) is 1. The number of nitrogens with zero attached hydrogens (tertiary/aromatic N) is 2. The summed E-state index contributed by atoms with van der Waals surface area (Å²) in [5.41, 5.74) is 1.84. The molecule has 0 spiro atoms. The Balaban J connectivity index is 1.83. The first kappa shape index (κ1) is 31.5. The van der Waals surface area contributed by atoms with Crippen LogP contribution in [-0.4, -0.2) is 55.1 Å². The standard InChI is InChI=1S/C31H38BrN3O4S/c1-4-24(2)33-31(37)29(22-25-13-7-5-8-14-25)35(23-26-15-11-16-27(32)21-26)30(36)19-12-20-34(3)40(38,39)28-17-9-6-10-18-28/h5-11,13-18,21,24,29H,4,12,19-20,22-23H2,1-3H3,(H,33,37). The lowest BCUT2D eigenvalue weighted by atomic mass is 10.0. The van der Waals surface area contributed by atoms with Crippen LogP contribution in [0.1, 0.15) is 44.2 Å². The predicted molar refractivity (Wildman–Crippen MR) is 162 cm³/mol. The van der Waals surface area contributed by atoms with E-state index in [1.54, 1.807) is 35.2 Å². The van der Waals surface area contributed by atoms with Gasteiger partial charge in [0.05, 0.1) is 4.90 Å². The number of sulfonamides is 1. The zero-order chi connectivity index (χ0) is 29.1. The highest BCUT2D eigenvalue weighted by Crippen LogP contribution is 2.20. The van der Waals surface area contributed by atoms with Crippen LogP contribution in [0.3, 0.4) is 0 Å². The lowest BCUT2D eigenvalue weighted by Gasteiger charge is -2.32. The highest BCUT2D eigenvalue weighted by molar-refractivity contribution is 9.10. The van der Waals surface area contributed by atoms with E-state index in [4.69, 9.17) is 0 Å². The van der Waals surface area contributed by atoms with Crippen molar-refractivity contribution in [3.63, 3.8) is 0 Å². The monoisotopic (exact) mass is 627 g/mol. The lowest BCUT2D eigenvalue weighted by molar-refractivity contribution is -0.141. The van der Waals surface area contributed by atoms with Crippen LogP contribution in [0.25, 0.3) is 0 Å². The predicted octanol–water partition coefficient (Wildman–Crippen LogP) is 5.40. The molecular formula is C31H38BrN3O4S. The average molecular weight is 629 g/mol. The van der Waals surface area contributed by atoms with E-state index in [1.165, 1.54) is 11.4 Å². The van der Waals surface area contributed by atoms with Crippen LogP contribution < -0.4 is 5.32 Å². The van der Waals surface area contributed by atoms with Gasteiger partial charge in [0.1, 0.15) is 6.04 Å². The molecule has 9 heteroatoms. The van der Waals surface area contributed by atoms with Crippen LogP contribution in [0, 0.1) is 0 Å². The maximum atomic E-state index is 13.8. The van der Waals surface area contributed by atoms with Gasteiger partial charge in [0.25, 0.3) is 0 Å². The fraction of sp³-hybridized carbons (Fsp3) is 0.355. The number of carbonyl (C=O) groups is 2. The summed E-state index contributed by atoms with van der Waals surface area (Å²) in [6, 6.07) is 24.8. The zero-order valence-electron chi connectivity index (χ0n) is 23.3. The summed E-state index contributed by atoms with van der Waals surface area (Å²) >= 11 is 3.50. The molecule has 3 rings (SSSR count). The number of carbonyl (C=O) groups excluding carboxylic acids is 2. The van der Waals surface area contributed by atoms with Crippen molar-refractivity contribution < 1.29 is 18.0 Å². The third-order valence-corrected chi connectivity index (χ3v) is 9.19. The number of amides is 2. The van der Waals surface area contributed by atoms with E-state index in [1.807, 2.05) is 68.4 Å². The van der Waals surface area contributed by atoms with E-state index in [0.717, 1.165) is 22.0 Å². The van der Waals surface area contributed by atoms with Gasteiger partial charge in [-0.3, -0.25) is 9.59 Å². The molecule has 0 saturated carbocycles. The van der Waals surface area contributed by atoms with Crippen molar-refractivity contribution in [2.45, 2.75) is 63.1 Å². The summed E-state index contributed by atoms with van der Waals surface area (Å²) in [6.07, 6.45) is 1.56. The van der Waals surface area contributed by atoms with E-state index in [-0.39, 0.29) is 42.3 Å². The van der Waals surface area contributed by atoms with Crippen molar-refractivity contribution in [1.82, 2.24) is 14.5 Å². The van der Waals surface area contributed by atoms with Crippen molar-refractivity contribution in [2.75, 3.05) is 13.6 Å². The molecule has 0 heterocycles. The molecule has 1 N–H and O–H groups in total. The number of rotatable bonds is 14. The summed E-state index contributed by atoms with van der Waals surface area (Å²) < 4.78 is 28.0. The van der Waals surface area contributed by atoms with E-state index in [9.17, 15) is 18.0 Å². The van der Waals surface area contributed by atoms with Gasteiger partial charge in [0.15, 0.2) is 0 Å². The molecule has 0 aliphatic rings. The lowest BCUT2D eigenvalue weighted by Crippen LogP contribution is -2.52. The first-order valence-electron chi connectivity index (χ1n) is 13.5. The Hall–Kier alpha value is -3.01. The maximum absolute atomic E-state index is 13.8. The molecule has 0 aliphatic heterocycles. The highest BCUT2D eigenvalue weighted by atomic mass is 79.9.